The van der Waals surface area contributed by atoms with E-state index < -0.39 is 5.97 Å². The largest absolute Gasteiger partial charge is 0.457 e. The lowest BCUT2D eigenvalue weighted by Gasteiger charge is -2.08. The number of benzene rings is 2. The molecule has 8 heteroatoms. The molecule has 0 fully saturated rings. The first-order valence-electron chi connectivity index (χ1n) is 11.7. The van der Waals surface area contributed by atoms with Crippen molar-refractivity contribution in [1.82, 2.24) is 9.55 Å². The second-order valence-electron chi connectivity index (χ2n) is 8.63. The molecule has 2 aromatic heterocycles. The molecule has 7 nitrogen and oxygen atoms in total. The highest BCUT2D eigenvalue weighted by molar-refractivity contribution is 7.20. The number of hydrogen-bond donors (Lipinski definition) is 1. The Morgan fingerprint density at radius 1 is 1.06 bits per heavy atom. The van der Waals surface area contributed by atoms with Gasteiger partial charge >= 0.3 is 5.97 Å². The number of carbonyl (C=O) groups excluding carboxylic acids is 2. The van der Waals surface area contributed by atoms with E-state index in [9.17, 15) is 14.4 Å². The minimum Gasteiger partial charge on any atom is -0.457 e. The monoisotopic (exact) mass is 487 g/mol. The van der Waals surface area contributed by atoms with Gasteiger partial charge in [0.1, 0.15) is 22.1 Å². The molecule has 3 heterocycles. The van der Waals surface area contributed by atoms with Gasteiger partial charge in [0.2, 0.25) is 0 Å². The van der Waals surface area contributed by atoms with Crippen LogP contribution >= 0.6 is 11.3 Å². The van der Waals surface area contributed by atoms with Crippen molar-refractivity contribution in [2.45, 2.75) is 45.8 Å². The highest BCUT2D eigenvalue weighted by atomic mass is 32.1. The molecule has 0 atom stereocenters. The molecule has 5 rings (SSSR count). The van der Waals surface area contributed by atoms with Crippen molar-refractivity contribution < 1.29 is 14.3 Å². The van der Waals surface area contributed by atoms with E-state index >= 15 is 0 Å². The number of aryl methyl sites for hydroxylation is 2. The topological polar surface area (TPSA) is 90.3 Å². The third-order valence-corrected chi connectivity index (χ3v) is 7.38. The number of rotatable bonds is 5. The van der Waals surface area contributed by atoms with E-state index in [0.29, 0.717) is 32.8 Å². The fraction of sp³-hybridized carbons (Fsp3) is 0.259. The molecule has 35 heavy (non-hydrogen) atoms. The molecule has 178 valence electrons. The second-order valence-corrected chi connectivity index (χ2v) is 9.62. The zero-order valence-corrected chi connectivity index (χ0v) is 20.2. The van der Waals surface area contributed by atoms with Gasteiger partial charge in [0.25, 0.3) is 11.5 Å². The van der Waals surface area contributed by atoms with Crippen LogP contribution in [0.25, 0.3) is 10.2 Å². The summed E-state index contributed by atoms with van der Waals surface area (Å²) in [5.74, 6) is 0.117. The molecule has 2 aromatic carbocycles. The van der Waals surface area contributed by atoms with Gasteiger partial charge in [-0.1, -0.05) is 36.8 Å². The summed E-state index contributed by atoms with van der Waals surface area (Å²) in [5.41, 5.74) is 2.55. The molecule has 0 bridgehead atoms. The van der Waals surface area contributed by atoms with Crippen molar-refractivity contribution >= 4 is 39.1 Å². The van der Waals surface area contributed by atoms with Crippen molar-refractivity contribution in [3.63, 3.8) is 0 Å². The fourth-order valence-electron chi connectivity index (χ4n) is 4.30. The van der Waals surface area contributed by atoms with E-state index in [2.05, 4.69) is 5.32 Å². The summed E-state index contributed by atoms with van der Waals surface area (Å²) in [6.07, 6.45) is 3.85. The molecule has 0 spiro atoms. The van der Waals surface area contributed by atoms with E-state index in [0.717, 1.165) is 42.8 Å². The van der Waals surface area contributed by atoms with Crippen LogP contribution in [0.1, 0.15) is 56.2 Å². The molecular weight excluding hydrogens is 462 g/mol. The molecule has 1 aliphatic rings. The van der Waals surface area contributed by atoms with Crippen LogP contribution in [0.15, 0.2) is 59.4 Å². The second kappa shape index (κ2) is 9.84. The number of nitrogens with one attached hydrogen (secondary N) is 1. The Morgan fingerprint density at radius 2 is 1.83 bits per heavy atom. The number of para-hydroxylation sites is 1. The van der Waals surface area contributed by atoms with E-state index in [-0.39, 0.29) is 18.1 Å². The summed E-state index contributed by atoms with van der Waals surface area (Å²) in [6, 6.07) is 16.2. The van der Waals surface area contributed by atoms with Gasteiger partial charge < -0.3 is 10.1 Å². The predicted octanol–water partition coefficient (Wildman–Crippen LogP) is 5.10. The lowest BCUT2D eigenvalue weighted by molar-refractivity contribution is 0.0477. The number of esters is 1. The highest BCUT2D eigenvalue weighted by Gasteiger charge is 2.23. The molecule has 0 saturated heterocycles. The van der Waals surface area contributed by atoms with Crippen molar-refractivity contribution in [2.24, 2.45) is 0 Å². The molecule has 0 unspecified atom stereocenters. The molecule has 0 radical (unpaired) electrons. The smallest absolute Gasteiger partial charge is 0.349 e. The molecule has 1 aliphatic heterocycles. The summed E-state index contributed by atoms with van der Waals surface area (Å²) in [5, 5.41) is 3.36. The summed E-state index contributed by atoms with van der Waals surface area (Å²) >= 11 is 1.22. The Bertz CT molecular complexity index is 1460. The Hall–Kier alpha value is -3.78. The minimum absolute atomic E-state index is 0.0655. The Labute approximate surface area is 206 Å². The number of amides is 1. The summed E-state index contributed by atoms with van der Waals surface area (Å²) in [6.45, 7) is 2.52. The summed E-state index contributed by atoms with van der Waals surface area (Å²) in [4.78, 5) is 44.1. The van der Waals surface area contributed by atoms with Gasteiger partial charge in [0.05, 0.1) is 5.39 Å². The molecule has 4 aromatic rings. The SMILES string of the molecule is Cc1c(C(=O)OCc2ccc(C(=O)Nc3ccccc3)cc2)sc2nc3n(c(=O)c12)CCCCC3. The standard InChI is InChI=1S/C27H25N3O4S/c1-17-22-25(29-21-10-6-3-7-15-30(21)26(22)32)35-23(17)27(33)34-16-18-11-13-19(14-12-18)24(31)28-20-8-4-2-5-9-20/h2,4-5,8-9,11-14H,3,6-7,10,15-16H2,1H3,(H,28,31). The third kappa shape index (κ3) is 4.74. The molecular formula is C27H25N3O4S. The maximum Gasteiger partial charge on any atom is 0.349 e. The number of hydrogen-bond acceptors (Lipinski definition) is 6. The predicted molar refractivity (Wildman–Crippen MR) is 136 cm³/mol. The van der Waals surface area contributed by atoms with Gasteiger partial charge in [-0.25, -0.2) is 9.78 Å². The van der Waals surface area contributed by atoms with Crippen molar-refractivity contribution in [1.29, 1.82) is 0 Å². The number of thiophene rings is 1. The van der Waals surface area contributed by atoms with Gasteiger partial charge in [-0.2, -0.15) is 0 Å². The first-order valence-corrected chi connectivity index (χ1v) is 12.5. The van der Waals surface area contributed by atoms with Crippen LogP contribution in [-0.2, 0) is 24.3 Å². The zero-order valence-electron chi connectivity index (χ0n) is 19.4. The average molecular weight is 488 g/mol. The maximum atomic E-state index is 13.1. The first kappa shape index (κ1) is 23.0. The van der Waals surface area contributed by atoms with E-state index in [1.165, 1.54) is 11.3 Å². The number of fused-ring (bicyclic) bond motifs is 2. The van der Waals surface area contributed by atoms with Crippen LogP contribution in [0, 0.1) is 6.92 Å². The first-order chi connectivity index (χ1) is 17.0. The normalized spacial score (nSPS) is 13.2. The maximum absolute atomic E-state index is 13.1. The minimum atomic E-state index is -0.476. The molecule has 1 amide bonds. The molecule has 0 saturated carbocycles. The number of nitrogens with zero attached hydrogens (tertiary/aromatic N) is 2. The highest BCUT2D eigenvalue weighted by Crippen LogP contribution is 2.29. The van der Waals surface area contributed by atoms with Crippen molar-refractivity contribution in [3.05, 3.63) is 92.3 Å². The van der Waals surface area contributed by atoms with Gasteiger partial charge in [-0.15, -0.1) is 11.3 Å². The fourth-order valence-corrected chi connectivity index (χ4v) is 5.38. The van der Waals surface area contributed by atoms with Gasteiger partial charge in [0.15, 0.2) is 0 Å². The van der Waals surface area contributed by atoms with E-state index in [4.69, 9.17) is 9.72 Å². The van der Waals surface area contributed by atoms with Crippen LogP contribution in [-0.4, -0.2) is 21.4 Å². The average Bonchev–Trinajstić information content (AvgIpc) is 3.03. The van der Waals surface area contributed by atoms with Crippen molar-refractivity contribution in [2.75, 3.05) is 5.32 Å². The third-order valence-electron chi connectivity index (χ3n) is 6.21. The zero-order chi connectivity index (χ0) is 24.4. The van der Waals surface area contributed by atoms with Gasteiger partial charge in [-0.3, -0.25) is 14.2 Å². The van der Waals surface area contributed by atoms with Crippen LogP contribution in [0.5, 0.6) is 0 Å². The Balaban J connectivity index is 1.28. The van der Waals surface area contributed by atoms with Crippen LogP contribution in [0.4, 0.5) is 5.69 Å². The summed E-state index contributed by atoms with van der Waals surface area (Å²) < 4.78 is 7.30. The molecule has 1 N–H and O–H groups in total. The molecule has 0 aliphatic carbocycles. The number of aromatic nitrogens is 2. The van der Waals surface area contributed by atoms with E-state index in [1.807, 2.05) is 30.3 Å². The quantitative estimate of drug-likeness (QED) is 0.396. The lowest BCUT2D eigenvalue weighted by atomic mass is 10.1. The lowest BCUT2D eigenvalue weighted by Crippen LogP contribution is -2.24. The van der Waals surface area contributed by atoms with Crippen LogP contribution in [0.2, 0.25) is 0 Å². The van der Waals surface area contributed by atoms with Crippen molar-refractivity contribution in [3.8, 4) is 0 Å². The Morgan fingerprint density at radius 3 is 2.60 bits per heavy atom. The Kier molecular flexibility index (Phi) is 6.46. The van der Waals surface area contributed by atoms with Gasteiger partial charge in [0, 0.05) is 24.2 Å². The number of ether oxygens (including phenoxy) is 1. The summed E-state index contributed by atoms with van der Waals surface area (Å²) in [7, 11) is 0. The number of carbonyl (C=O) groups is 2. The number of anilines is 1. The van der Waals surface area contributed by atoms with Crippen LogP contribution < -0.4 is 10.9 Å². The van der Waals surface area contributed by atoms with Crippen LogP contribution in [0.3, 0.4) is 0 Å². The van der Waals surface area contributed by atoms with Gasteiger partial charge in [-0.05, 0) is 55.2 Å². The van der Waals surface area contributed by atoms with E-state index in [1.54, 1.807) is 35.8 Å².